The van der Waals surface area contributed by atoms with Gasteiger partial charge in [0.15, 0.2) is 0 Å². The molecule has 2 heterocycles. The van der Waals surface area contributed by atoms with E-state index in [2.05, 4.69) is 30.3 Å². The second-order valence-corrected chi connectivity index (χ2v) is 5.59. The van der Waals surface area contributed by atoms with Gasteiger partial charge in [-0.3, -0.25) is 9.48 Å². The van der Waals surface area contributed by atoms with Crippen LogP contribution in [-0.4, -0.2) is 15.7 Å². The summed E-state index contributed by atoms with van der Waals surface area (Å²) < 4.78 is 1.63. The van der Waals surface area contributed by atoms with E-state index in [1.54, 1.807) is 35.5 Å². The van der Waals surface area contributed by atoms with Crippen LogP contribution in [0, 0.1) is 5.92 Å². The van der Waals surface area contributed by atoms with Gasteiger partial charge in [0, 0.05) is 18.1 Å². The van der Waals surface area contributed by atoms with E-state index in [0.29, 0.717) is 11.5 Å². The van der Waals surface area contributed by atoms with Gasteiger partial charge in [0.25, 0.3) is 5.91 Å². The number of aromatic nitrogens is 2. The molecule has 0 saturated heterocycles. The Bertz CT molecular complexity index is 516. The minimum atomic E-state index is -0.0739. The first-order valence-corrected chi connectivity index (χ1v) is 6.79. The Balaban J connectivity index is 2.13. The van der Waals surface area contributed by atoms with E-state index < -0.39 is 0 Å². The number of nitrogens with zero attached hydrogens (tertiary/aromatic N) is 2. The Labute approximate surface area is 111 Å². The van der Waals surface area contributed by atoms with E-state index in [1.807, 2.05) is 11.4 Å². The van der Waals surface area contributed by atoms with Crippen molar-refractivity contribution in [3.8, 4) is 0 Å². The lowest BCUT2D eigenvalue weighted by Crippen LogP contribution is -2.31. The lowest BCUT2D eigenvalue weighted by atomic mass is 10.0. The number of amides is 1. The maximum atomic E-state index is 12.1. The number of carbonyl (C=O) groups excluding carboxylic acids is 1. The van der Waals surface area contributed by atoms with Crippen molar-refractivity contribution in [2.24, 2.45) is 13.0 Å². The highest BCUT2D eigenvalue weighted by molar-refractivity contribution is 7.10. The van der Waals surface area contributed by atoms with Crippen molar-refractivity contribution in [2.45, 2.75) is 19.9 Å². The molecule has 0 aromatic carbocycles. The molecule has 0 aliphatic heterocycles. The molecule has 0 aliphatic rings. The first-order valence-electron chi connectivity index (χ1n) is 5.91. The SMILES string of the molecule is CC(C)[C@@H](NC(=O)c1cnn(C)c1)c1cccs1. The van der Waals surface area contributed by atoms with Gasteiger partial charge in [-0.15, -0.1) is 11.3 Å². The van der Waals surface area contributed by atoms with Crippen LogP contribution >= 0.6 is 11.3 Å². The molecular weight excluding hydrogens is 246 g/mol. The first-order chi connectivity index (χ1) is 8.58. The Morgan fingerprint density at radius 2 is 2.28 bits per heavy atom. The molecule has 0 fully saturated rings. The Morgan fingerprint density at radius 3 is 2.78 bits per heavy atom. The monoisotopic (exact) mass is 263 g/mol. The Kier molecular flexibility index (Phi) is 3.81. The first kappa shape index (κ1) is 12.8. The normalized spacial score (nSPS) is 12.7. The van der Waals surface area contributed by atoms with Crippen LogP contribution in [0.5, 0.6) is 0 Å². The molecule has 0 bridgehead atoms. The van der Waals surface area contributed by atoms with E-state index in [-0.39, 0.29) is 11.9 Å². The average molecular weight is 263 g/mol. The van der Waals surface area contributed by atoms with Gasteiger partial charge in [0.05, 0.1) is 17.8 Å². The number of nitrogens with one attached hydrogen (secondary N) is 1. The van der Waals surface area contributed by atoms with Crippen LogP contribution in [-0.2, 0) is 7.05 Å². The van der Waals surface area contributed by atoms with E-state index in [4.69, 9.17) is 0 Å². The zero-order chi connectivity index (χ0) is 13.1. The van der Waals surface area contributed by atoms with Crippen LogP contribution in [0.1, 0.15) is 35.1 Å². The molecule has 96 valence electrons. The maximum absolute atomic E-state index is 12.1. The van der Waals surface area contributed by atoms with E-state index in [9.17, 15) is 4.79 Å². The highest BCUT2D eigenvalue weighted by Gasteiger charge is 2.20. The fraction of sp³-hybridized carbons (Fsp3) is 0.385. The van der Waals surface area contributed by atoms with Crippen molar-refractivity contribution in [1.82, 2.24) is 15.1 Å². The van der Waals surface area contributed by atoms with Gasteiger partial charge in [-0.2, -0.15) is 5.10 Å². The summed E-state index contributed by atoms with van der Waals surface area (Å²) in [6.45, 7) is 4.21. The molecule has 0 unspecified atom stereocenters. The predicted octanol–water partition coefficient (Wildman–Crippen LogP) is 2.61. The number of hydrogen-bond donors (Lipinski definition) is 1. The molecule has 0 aliphatic carbocycles. The molecule has 1 N–H and O–H groups in total. The molecule has 5 heteroatoms. The van der Waals surface area contributed by atoms with Gasteiger partial charge in [-0.05, 0) is 17.4 Å². The molecule has 0 spiro atoms. The van der Waals surface area contributed by atoms with E-state index in [0.717, 1.165) is 0 Å². The second-order valence-electron chi connectivity index (χ2n) is 4.61. The Hall–Kier alpha value is -1.62. The third kappa shape index (κ3) is 2.79. The number of carbonyl (C=O) groups is 1. The van der Waals surface area contributed by atoms with Crippen molar-refractivity contribution >= 4 is 17.2 Å². The van der Waals surface area contributed by atoms with Crippen molar-refractivity contribution in [3.05, 3.63) is 40.3 Å². The summed E-state index contributed by atoms with van der Waals surface area (Å²) in [5.41, 5.74) is 0.597. The Morgan fingerprint density at radius 1 is 1.50 bits per heavy atom. The van der Waals surface area contributed by atoms with Crippen molar-refractivity contribution in [1.29, 1.82) is 0 Å². The lowest BCUT2D eigenvalue weighted by Gasteiger charge is -2.20. The minimum absolute atomic E-state index is 0.0534. The summed E-state index contributed by atoms with van der Waals surface area (Å²) in [4.78, 5) is 13.3. The molecular formula is C13H17N3OS. The van der Waals surface area contributed by atoms with Crippen LogP contribution < -0.4 is 5.32 Å². The predicted molar refractivity (Wildman–Crippen MR) is 72.6 cm³/mol. The average Bonchev–Trinajstić information content (AvgIpc) is 2.95. The number of thiophene rings is 1. The van der Waals surface area contributed by atoms with Gasteiger partial charge in [0.2, 0.25) is 0 Å². The van der Waals surface area contributed by atoms with Crippen molar-refractivity contribution < 1.29 is 4.79 Å². The number of aryl methyl sites for hydroxylation is 1. The zero-order valence-electron chi connectivity index (χ0n) is 10.8. The summed E-state index contributed by atoms with van der Waals surface area (Å²) >= 11 is 1.67. The number of hydrogen-bond acceptors (Lipinski definition) is 3. The van der Waals surface area contributed by atoms with Crippen LogP contribution in [0.4, 0.5) is 0 Å². The molecule has 18 heavy (non-hydrogen) atoms. The van der Waals surface area contributed by atoms with Crippen LogP contribution in [0.3, 0.4) is 0 Å². The summed E-state index contributed by atoms with van der Waals surface area (Å²) in [5.74, 6) is 0.277. The summed E-state index contributed by atoms with van der Waals surface area (Å²) in [6, 6.07) is 4.11. The van der Waals surface area contributed by atoms with Gasteiger partial charge in [0.1, 0.15) is 0 Å². The molecule has 1 atom stereocenters. The third-order valence-corrected chi connectivity index (χ3v) is 3.73. The van der Waals surface area contributed by atoms with Crippen LogP contribution in [0.15, 0.2) is 29.9 Å². The topological polar surface area (TPSA) is 46.9 Å². The van der Waals surface area contributed by atoms with Gasteiger partial charge < -0.3 is 5.32 Å². The smallest absolute Gasteiger partial charge is 0.254 e. The molecule has 2 aromatic heterocycles. The minimum Gasteiger partial charge on any atom is -0.344 e. The molecule has 2 rings (SSSR count). The van der Waals surface area contributed by atoms with Gasteiger partial charge in [-0.25, -0.2) is 0 Å². The third-order valence-electron chi connectivity index (χ3n) is 2.77. The van der Waals surface area contributed by atoms with Gasteiger partial charge >= 0.3 is 0 Å². The summed E-state index contributed by atoms with van der Waals surface area (Å²) in [6.07, 6.45) is 3.31. The van der Waals surface area contributed by atoms with Crippen LogP contribution in [0.2, 0.25) is 0 Å². The quantitative estimate of drug-likeness (QED) is 0.921. The number of rotatable bonds is 4. The molecule has 1 amide bonds. The van der Waals surface area contributed by atoms with E-state index >= 15 is 0 Å². The largest absolute Gasteiger partial charge is 0.344 e. The molecule has 0 radical (unpaired) electrons. The molecule has 0 saturated carbocycles. The highest BCUT2D eigenvalue weighted by Crippen LogP contribution is 2.26. The lowest BCUT2D eigenvalue weighted by molar-refractivity contribution is 0.0926. The van der Waals surface area contributed by atoms with Crippen LogP contribution in [0.25, 0.3) is 0 Å². The van der Waals surface area contributed by atoms with E-state index in [1.165, 1.54) is 4.88 Å². The maximum Gasteiger partial charge on any atom is 0.254 e. The second kappa shape index (κ2) is 5.35. The standard InChI is InChI=1S/C13H17N3OS/c1-9(2)12(11-5-4-6-18-11)15-13(17)10-7-14-16(3)8-10/h4-9,12H,1-3H3,(H,15,17)/t12-/m1/s1. The summed E-state index contributed by atoms with van der Waals surface area (Å²) in [7, 11) is 1.80. The highest BCUT2D eigenvalue weighted by atomic mass is 32.1. The van der Waals surface area contributed by atoms with Crippen molar-refractivity contribution in [3.63, 3.8) is 0 Å². The fourth-order valence-corrected chi connectivity index (χ4v) is 2.75. The molecule has 4 nitrogen and oxygen atoms in total. The molecule has 2 aromatic rings. The van der Waals surface area contributed by atoms with Gasteiger partial charge in [-0.1, -0.05) is 19.9 Å². The summed E-state index contributed by atoms with van der Waals surface area (Å²) in [5, 5.41) is 9.11. The zero-order valence-corrected chi connectivity index (χ0v) is 11.6. The fourth-order valence-electron chi connectivity index (χ4n) is 1.80. The van der Waals surface area contributed by atoms with Crippen molar-refractivity contribution in [2.75, 3.05) is 0 Å².